The number of nitrogens with one attached hydrogen (secondary N) is 1. The standard InChI is InChI=1S/C12H15BrN2.C2H6/c1-8(2)15-9(3)7-14-11-6-10(13)4-5-12(11)15;1-2/h4-6,9,14H,1,7H2,2-3H3;1-2H3. The van der Waals surface area contributed by atoms with Crippen molar-refractivity contribution in [3.05, 3.63) is 34.9 Å². The van der Waals surface area contributed by atoms with Crippen LogP contribution in [0.1, 0.15) is 27.7 Å². The Hall–Kier alpha value is -0.960. The van der Waals surface area contributed by atoms with Crippen molar-refractivity contribution in [2.24, 2.45) is 0 Å². The van der Waals surface area contributed by atoms with Crippen molar-refractivity contribution in [2.45, 2.75) is 33.7 Å². The fourth-order valence-corrected chi connectivity index (χ4v) is 2.39. The quantitative estimate of drug-likeness (QED) is 0.813. The molecule has 0 amide bonds. The molecule has 0 bridgehead atoms. The van der Waals surface area contributed by atoms with Gasteiger partial charge >= 0.3 is 0 Å². The van der Waals surface area contributed by atoms with Gasteiger partial charge in [0.2, 0.25) is 0 Å². The fraction of sp³-hybridized carbons (Fsp3) is 0.429. The van der Waals surface area contributed by atoms with Crippen LogP contribution < -0.4 is 10.2 Å². The Morgan fingerprint density at radius 1 is 1.47 bits per heavy atom. The van der Waals surface area contributed by atoms with Crippen LogP contribution in [0.15, 0.2) is 34.9 Å². The van der Waals surface area contributed by atoms with E-state index in [4.69, 9.17) is 0 Å². The second-order valence-electron chi connectivity index (χ2n) is 4.00. The Balaban J connectivity index is 0.000000686. The molecule has 1 aromatic rings. The lowest BCUT2D eigenvalue weighted by Crippen LogP contribution is -2.40. The predicted molar refractivity (Wildman–Crippen MR) is 80.7 cm³/mol. The smallest absolute Gasteiger partial charge is 0.0647 e. The zero-order valence-electron chi connectivity index (χ0n) is 11.0. The summed E-state index contributed by atoms with van der Waals surface area (Å²) in [7, 11) is 0. The summed E-state index contributed by atoms with van der Waals surface area (Å²) < 4.78 is 1.10. The Kier molecular flexibility index (Phi) is 5.06. The van der Waals surface area contributed by atoms with Crippen molar-refractivity contribution >= 4 is 27.3 Å². The zero-order chi connectivity index (χ0) is 13.0. The van der Waals surface area contributed by atoms with Crippen molar-refractivity contribution in [3.8, 4) is 0 Å². The number of nitrogens with zero attached hydrogens (tertiary/aromatic N) is 1. The first-order valence-electron chi connectivity index (χ1n) is 6.08. The molecule has 2 rings (SSSR count). The molecule has 17 heavy (non-hydrogen) atoms. The molecule has 1 unspecified atom stereocenters. The molecule has 1 aromatic carbocycles. The number of hydrogen-bond acceptors (Lipinski definition) is 2. The Bertz CT molecular complexity index is 401. The van der Waals surface area contributed by atoms with Crippen molar-refractivity contribution in [2.75, 3.05) is 16.8 Å². The molecular formula is C14H21BrN2. The number of benzene rings is 1. The van der Waals surface area contributed by atoms with E-state index in [-0.39, 0.29) is 0 Å². The molecule has 0 saturated carbocycles. The zero-order valence-corrected chi connectivity index (χ0v) is 12.6. The van der Waals surface area contributed by atoms with Crippen LogP contribution in [0.3, 0.4) is 0 Å². The largest absolute Gasteiger partial charge is 0.381 e. The molecule has 1 atom stereocenters. The van der Waals surface area contributed by atoms with Gasteiger partial charge in [0.1, 0.15) is 0 Å². The third-order valence-corrected chi connectivity index (χ3v) is 3.15. The van der Waals surface area contributed by atoms with Crippen LogP contribution in [0.5, 0.6) is 0 Å². The fourth-order valence-electron chi connectivity index (χ4n) is 2.03. The summed E-state index contributed by atoms with van der Waals surface area (Å²) in [5.74, 6) is 0. The van der Waals surface area contributed by atoms with Crippen molar-refractivity contribution < 1.29 is 0 Å². The van der Waals surface area contributed by atoms with Gasteiger partial charge in [-0.2, -0.15) is 0 Å². The minimum Gasteiger partial charge on any atom is -0.381 e. The van der Waals surface area contributed by atoms with Gasteiger partial charge in [0, 0.05) is 22.8 Å². The van der Waals surface area contributed by atoms with Gasteiger partial charge in [-0.05, 0) is 32.0 Å². The normalized spacial score (nSPS) is 17.5. The predicted octanol–water partition coefficient (Wildman–Crippen LogP) is 4.63. The van der Waals surface area contributed by atoms with Crippen molar-refractivity contribution in [3.63, 3.8) is 0 Å². The van der Waals surface area contributed by atoms with Gasteiger partial charge in [-0.3, -0.25) is 0 Å². The molecule has 3 heteroatoms. The van der Waals surface area contributed by atoms with Crippen molar-refractivity contribution in [1.82, 2.24) is 0 Å². The van der Waals surface area contributed by atoms with Gasteiger partial charge in [-0.15, -0.1) is 0 Å². The number of halogens is 1. The molecule has 0 spiro atoms. The molecule has 0 saturated heterocycles. The summed E-state index contributed by atoms with van der Waals surface area (Å²) >= 11 is 3.48. The van der Waals surface area contributed by atoms with Crippen LogP contribution in [-0.2, 0) is 0 Å². The summed E-state index contributed by atoms with van der Waals surface area (Å²) in [4.78, 5) is 2.28. The van der Waals surface area contributed by atoms with E-state index in [9.17, 15) is 0 Å². The van der Waals surface area contributed by atoms with Crippen LogP contribution in [0.2, 0.25) is 0 Å². The average molecular weight is 297 g/mol. The maximum Gasteiger partial charge on any atom is 0.0647 e. The molecule has 0 fully saturated rings. The van der Waals surface area contributed by atoms with Crippen LogP contribution in [0, 0.1) is 0 Å². The highest BCUT2D eigenvalue weighted by molar-refractivity contribution is 9.10. The summed E-state index contributed by atoms with van der Waals surface area (Å²) in [6.07, 6.45) is 0. The highest BCUT2D eigenvalue weighted by Crippen LogP contribution is 2.35. The topological polar surface area (TPSA) is 15.3 Å². The van der Waals surface area contributed by atoms with E-state index in [1.165, 1.54) is 11.4 Å². The van der Waals surface area contributed by atoms with E-state index in [1.54, 1.807) is 0 Å². The molecule has 94 valence electrons. The number of rotatable bonds is 1. The van der Waals surface area contributed by atoms with E-state index in [2.05, 4.69) is 57.8 Å². The number of allylic oxidation sites excluding steroid dienone is 1. The van der Waals surface area contributed by atoms with E-state index in [0.29, 0.717) is 6.04 Å². The summed E-state index contributed by atoms with van der Waals surface area (Å²) in [5, 5.41) is 3.43. The third kappa shape index (κ3) is 3.03. The highest BCUT2D eigenvalue weighted by Gasteiger charge is 2.22. The number of hydrogen-bond donors (Lipinski definition) is 1. The maximum atomic E-state index is 4.04. The molecule has 2 nitrogen and oxygen atoms in total. The molecule has 1 heterocycles. The molecule has 0 radical (unpaired) electrons. The Labute approximate surface area is 113 Å². The molecule has 1 aliphatic rings. The minimum atomic E-state index is 0.455. The van der Waals surface area contributed by atoms with Crippen LogP contribution in [-0.4, -0.2) is 12.6 Å². The summed E-state index contributed by atoms with van der Waals surface area (Å²) in [6.45, 7) is 13.2. The van der Waals surface area contributed by atoms with E-state index in [0.717, 1.165) is 16.7 Å². The molecule has 1 N–H and O–H groups in total. The van der Waals surface area contributed by atoms with Crippen LogP contribution in [0.25, 0.3) is 0 Å². The van der Waals surface area contributed by atoms with Crippen LogP contribution >= 0.6 is 15.9 Å². The van der Waals surface area contributed by atoms with E-state index in [1.807, 2.05) is 20.8 Å². The van der Waals surface area contributed by atoms with Crippen LogP contribution in [0.4, 0.5) is 11.4 Å². The first kappa shape index (κ1) is 14.1. The Morgan fingerprint density at radius 3 is 2.71 bits per heavy atom. The third-order valence-electron chi connectivity index (χ3n) is 2.66. The average Bonchev–Trinajstić information content (AvgIpc) is 2.31. The lowest BCUT2D eigenvalue weighted by molar-refractivity contribution is 0.701. The lowest BCUT2D eigenvalue weighted by Gasteiger charge is -2.37. The van der Waals surface area contributed by atoms with Gasteiger partial charge in [0.15, 0.2) is 0 Å². The Morgan fingerprint density at radius 2 is 2.12 bits per heavy atom. The second-order valence-corrected chi connectivity index (χ2v) is 4.91. The van der Waals surface area contributed by atoms with Gasteiger partial charge in [0.05, 0.1) is 11.4 Å². The van der Waals surface area contributed by atoms with Crippen molar-refractivity contribution in [1.29, 1.82) is 0 Å². The monoisotopic (exact) mass is 296 g/mol. The molecule has 0 aliphatic carbocycles. The molecule has 0 aromatic heterocycles. The van der Waals surface area contributed by atoms with E-state index >= 15 is 0 Å². The first-order valence-corrected chi connectivity index (χ1v) is 6.87. The lowest BCUT2D eigenvalue weighted by atomic mass is 10.1. The summed E-state index contributed by atoms with van der Waals surface area (Å²) in [5.41, 5.74) is 3.47. The maximum absolute atomic E-state index is 4.04. The van der Waals surface area contributed by atoms with Gasteiger partial charge in [-0.1, -0.05) is 36.4 Å². The second kappa shape index (κ2) is 6.10. The number of anilines is 2. The summed E-state index contributed by atoms with van der Waals surface area (Å²) in [6, 6.07) is 6.75. The molecular weight excluding hydrogens is 276 g/mol. The minimum absolute atomic E-state index is 0.455. The first-order chi connectivity index (χ1) is 8.09. The SMILES string of the molecule is C=C(C)N1c2ccc(Br)cc2NCC1C.CC. The van der Waals surface area contributed by atoms with Gasteiger partial charge < -0.3 is 10.2 Å². The highest BCUT2D eigenvalue weighted by atomic mass is 79.9. The molecule has 1 aliphatic heterocycles. The van der Waals surface area contributed by atoms with Gasteiger partial charge in [0.25, 0.3) is 0 Å². The van der Waals surface area contributed by atoms with Gasteiger partial charge in [-0.25, -0.2) is 0 Å². The van der Waals surface area contributed by atoms with E-state index < -0.39 is 0 Å². The number of fused-ring (bicyclic) bond motifs is 1.